The Bertz CT molecular complexity index is 2750. The number of hydrogen-bond acceptors (Lipinski definition) is 2. The molecule has 0 fully saturated rings. The highest BCUT2D eigenvalue weighted by atomic mass is 15.0. The fourth-order valence-corrected chi connectivity index (χ4v) is 7.01. The van der Waals surface area contributed by atoms with Crippen molar-refractivity contribution in [2.75, 3.05) is 0 Å². The minimum absolute atomic E-state index is 0.453. The lowest BCUT2D eigenvalue weighted by molar-refractivity contribution is 1.15. The quantitative estimate of drug-likeness (QED) is 0.207. The maximum Gasteiger partial charge on any atom is 0.0992 e. The fourth-order valence-electron chi connectivity index (χ4n) is 7.01. The Morgan fingerprint density at radius 3 is 1.76 bits per heavy atom. The van der Waals surface area contributed by atoms with Crippen LogP contribution < -0.4 is 0 Å². The summed E-state index contributed by atoms with van der Waals surface area (Å²) in [6.07, 6.45) is 2.16. The van der Waals surface area contributed by atoms with E-state index in [9.17, 15) is 10.5 Å². The van der Waals surface area contributed by atoms with Crippen molar-refractivity contribution in [3.63, 3.8) is 0 Å². The van der Waals surface area contributed by atoms with Gasteiger partial charge in [-0.25, -0.2) is 0 Å². The van der Waals surface area contributed by atoms with Crippen LogP contribution in [0, 0.1) is 22.7 Å². The van der Waals surface area contributed by atoms with E-state index in [0.717, 1.165) is 60.6 Å². The maximum atomic E-state index is 9.82. The van der Waals surface area contributed by atoms with Crippen LogP contribution in [0.3, 0.4) is 0 Å². The third-order valence-corrected chi connectivity index (χ3v) is 8.86. The van der Waals surface area contributed by atoms with E-state index in [1.807, 2.05) is 24.3 Å². The molecule has 0 aliphatic rings. The Labute approximate surface area is 257 Å². The number of hydrogen-bond donors (Lipinski definition) is 0. The molecule has 9 aromatic rings. The van der Waals surface area contributed by atoms with Crippen molar-refractivity contribution < 1.29 is 0 Å². The smallest absolute Gasteiger partial charge is 0.0992 e. The number of nitriles is 2. The van der Waals surface area contributed by atoms with Crippen molar-refractivity contribution in [1.82, 2.24) is 13.5 Å². The normalized spacial score (nSPS) is 11.5. The van der Waals surface area contributed by atoms with Crippen molar-refractivity contribution in [1.29, 1.82) is 10.5 Å². The van der Waals surface area contributed by atoms with E-state index in [-0.39, 0.29) is 0 Å². The average Bonchev–Trinajstić information content (AvgIpc) is 3.67. The van der Waals surface area contributed by atoms with Gasteiger partial charge in [-0.3, -0.25) is 0 Å². The first-order chi connectivity index (χ1) is 22.2. The number of nitrogens with zero attached hydrogens (tertiary/aromatic N) is 5. The van der Waals surface area contributed by atoms with E-state index < -0.39 is 0 Å². The van der Waals surface area contributed by atoms with Crippen LogP contribution in [-0.2, 0) is 0 Å². The van der Waals surface area contributed by atoms with E-state index >= 15 is 0 Å². The highest BCUT2D eigenvalue weighted by Crippen LogP contribution is 2.38. The van der Waals surface area contributed by atoms with E-state index in [0.29, 0.717) is 11.1 Å². The van der Waals surface area contributed by atoms with Crippen LogP contribution in [-0.4, -0.2) is 13.5 Å². The summed E-state index contributed by atoms with van der Waals surface area (Å²) in [6, 6.07) is 50.6. The van der Waals surface area contributed by atoms with Crippen molar-refractivity contribution in [3.05, 3.63) is 151 Å². The zero-order valence-corrected chi connectivity index (χ0v) is 24.0. The van der Waals surface area contributed by atoms with Crippen molar-refractivity contribution in [2.45, 2.75) is 0 Å². The summed E-state index contributed by atoms with van der Waals surface area (Å²) in [5.74, 6) is 0. The van der Waals surface area contributed by atoms with Crippen molar-refractivity contribution in [2.24, 2.45) is 0 Å². The molecule has 0 atom stereocenters. The van der Waals surface area contributed by atoms with Gasteiger partial charge in [-0.15, -0.1) is 0 Å². The maximum absolute atomic E-state index is 9.82. The Kier molecular flexibility index (Phi) is 5.26. The Balaban J connectivity index is 1.59. The molecule has 5 heteroatoms. The molecule has 0 spiro atoms. The summed E-state index contributed by atoms with van der Waals surface area (Å²) < 4.78 is 6.85. The van der Waals surface area contributed by atoms with Gasteiger partial charge in [0.2, 0.25) is 0 Å². The highest BCUT2D eigenvalue weighted by molar-refractivity contribution is 6.16. The molecule has 0 aliphatic carbocycles. The molecular formula is C40H23N5. The van der Waals surface area contributed by atoms with Gasteiger partial charge in [-0.05, 0) is 60.7 Å². The summed E-state index contributed by atoms with van der Waals surface area (Å²) in [6.45, 7) is 0. The summed E-state index contributed by atoms with van der Waals surface area (Å²) in [5, 5.41) is 25.3. The fraction of sp³-hybridized carbons (Fsp3) is 0. The number of fused-ring (bicyclic) bond motifs is 7. The lowest BCUT2D eigenvalue weighted by Crippen LogP contribution is -2.01. The van der Waals surface area contributed by atoms with Crippen molar-refractivity contribution >= 4 is 60.0 Å². The van der Waals surface area contributed by atoms with Gasteiger partial charge in [0.25, 0.3) is 0 Å². The van der Waals surface area contributed by atoms with E-state index in [2.05, 4.69) is 135 Å². The summed E-state index contributed by atoms with van der Waals surface area (Å²) in [7, 11) is 0. The van der Waals surface area contributed by atoms with Crippen LogP contribution in [0.25, 0.3) is 71.4 Å². The van der Waals surface area contributed by atoms with Crippen LogP contribution in [0.5, 0.6) is 0 Å². The van der Waals surface area contributed by atoms with Gasteiger partial charge in [-0.2, -0.15) is 10.5 Å². The van der Waals surface area contributed by atoms with Crippen LogP contribution in [0.2, 0.25) is 0 Å². The standard InChI is InChI=1S/C40H23N5/c41-24-26-19-27(25-42)21-30(20-26)45-36-16-7-5-13-32(36)34-22-39-38(23-37(34)45)43-18-17-28-9-8-14-33(40(28)43)31-12-4-6-15-35(31)44(39)29-10-2-1-3-11-29/h1-23H. The largest absolute Gasteiger partial charge is 0.314 e. The Hall–Kier alpha value is -6.56. The van der Waals surface area contributed by atoms with Crippen molar-refractivity contribution in [3.8, 4) is 23.5 Å². The predicted molar refractivity (Wildman–Crippen MR) is 182 cm³/mol. The molecule has 0 amide bonds. The van der Waals surface area contributed by atoms with E-state index in [4.69, 9.17) is 0 Å². The number of aromatic nitrogens is 3. The minimum Gasteiger partial charge on any atom is -0.314 e. The van der Waals surface area contributed by atoms with Crippen LogP contribution in [0.4, 0.5) is 0 Å². The Morgan fingerprint density at radius 1 is 0.422 bits per heavy atom. The number of benzene rings is 6. The summed E-state index contributed by atoms with van der Waals surface area (Å²) >= 11 is 0. The molecule has 0 unspecified atom stereocenters. The van der Waals surface area contributed by atoms with Crippen LogP contribution in [0.15, 0.2) is 140 Å². The summed E-state index contributed by atoms with van der Waals surface area (Å²) in [5.41, 5.74) is 9.10. The highest BCUT2D eigenvalue weighted by Gasteiger charge is 2.18. The first-order valence-electron chi connectivity index (χ1n) is 14.8. The average molecular weight is 574 g/mol. The second kappa shape index (κ2) is 9.47. The lowest BCUT2D eigenvalue weighted by atomic mass is 10.1. The van der Waals surface area contributed by atoms with Gasteiger partial charge in [0.05, 0.1) is 56.4 Å². The van der Waals surface area contributed by atoms with Gasteiger partial charge < -0.3 is 13.5 Å². The summed E-state index contributed by atoms with van der Waals surface area (Å²) in [4.78, 5) is 0. The van der Waals surface area contributed by atoms with Gasteiger partial charge in [-0.1, -0.05) is 72.8 Å². The molecule has 3 heterocycles. The minimum atomic E-state index is 0.453. The third-order valence-electron chi connectivity index (χ3n) is 8.86. The van der Waals surface area contributed by atoms with Crippen LogP contribution in [0.1, 0.15) is 11.1 Å². The first kappa shape index (κ1) is 25.0. The number of para-hydroxylation sites is 4. The molecule has 0 saturated heterocycles. The molecule has 0 bridgehead atoms. The second-order valence-electron chi connectivity index (χ2n) is 11.3. The van der Waals surface area contributed by atoms with Gasteiger partial charge in [0, 0.05) is 44.5 Å². The molecule has 3 aromatic heterocycles. The third kappa shape index (κ3) is 3.59. The second-order valence-corrected chi connectivity index (χ2v) is 11.3. The molecule has 0 radical (unpaired) electrons. The monoisotopic (exact) mass is 573 g/mol. The SMILES string of the molecule is N#Cc1cc(C#N)cc(-n2c3ccccc3c3cc4c(cc32)n2ccc3cccc(c5ccccc5n4-c4ccccc4)c32)c1. The molecule has 6 aromatic carbocycles. The molecular weight excluding hydrogens is 550 g/mol. The zero-order valence-electron chi connectivity index (χ0n) is 24.0. The predicted octanol–water partition coefficient (Wildman–Crippen LogP) is 9.59. The molecule has 208 valence electrons. The molecule has 9 rings (SSSR count). The topological polar surface area (TPSA) is 61.9 Å². The molecule has 0 saturated carbocycles. The molecule has 0 aliphatic heterocycles. The first-order valence-corrected chi connectivity index (χ1v) is 14.8. The van der Waals surface area contributed by atoms with Gasteiger partial charge >= 0.3 is 0 Å². The van der Waals surface area contributed by atoms with Crippen LogP contribution >= 0.6 is 0 Å². The number of rotatable bonds is 2. The Morgan fingerprint density at radius 2 is 1.04 bits per heavy atom. The molecule has 45 heavy (non-hydrogen) atoms. The zero-order chi connectivity index (χ0) is 30.1. The van der Waals surface area contributed by atoms with E-state index in [1.54, 1.807) is 6.07 Å². The van der Waals surface area contributed by atoms with Gasteiger partial charge in [0.15, 0.2) is 0 Å². The molecule has 5 nitrogen and oxygen atoms in total. The molecule has 0 N–H and O–H groups in total. The van der Waals surface area contributed by atoms with E-state index in [1.165, 1.54) is 10.8 Å². The lowest BCUT2D eigenvalue weighted by Gasteiger charge is -2.17. The van der Waals surface area contributed by atoms with Gasteiger partial charge in [0.1, 0.15) is 0 Å².